The molecule has 7 nitrogen and oxygen atoms in total. The van der Waals surface area contributed by atoms with Gasteiger partial charge in [0.2, 0.25) is 0 Å². The number of anilines is 1. The molecule has 30 heavy (non-hydrogen) atoms. The maximum Gasteiger partial charge on any atom is 0.312 e. The Hall–Kier alpha value is -3.87. The zero-order valence-corrected chi connectivity index (χ0v) is 16.8. The fourth-order valence-corrected chi connectivity index (χ4v) is 2.70. The fourth-order valence-electron chi connectivity index (χ4n) is 2.70. The van der Waals surface area contributed by atoms with E-state index < -0.39 is 11.9 Å². The van der Waals surface area contributed by atoms with Crippen LogP contribution in [0.4, 0.5) is 5.69 Å². The summed E-state index contributed by atoms with van der Waals surface area (Å²) in [6.07, 6.45) is 1.42. The van der Waals surface area contributed by atoms with Gasteiger partial charge in [-0.25, -0.2) is 0 Å². The van der Waals surface area contributed by atoms with Gasteiger partial charge < -0.3 is 19.4 Å². The van der Waals surface area contributed by atoms with E-state index in [1.807, 2.05) is 19.1 Å². The zero-order valence-electron chi connectivity index (χ0n) is 16.8. The van der Waals surface area contributed by atoms with E-state index in [1.165, 1.54) is 17.2 Å². The number of benzene rings is 2. The molecule has 0 fully saturated rings. The molecule has 1 aromatic heterocycles. The Morgan fingerprint density at radius 2 is 1.70 bits per heavy atom. The SMILES string of the molecule is Cc1ccc(C(=O)N(C)c2ccc(OC(=O)CCNC(=O)c3ccco3)cc2)cc1. The summed E-state index contributed by atoms with van der Waals surface area (Å²) in [5.74, 6) is -0.461. The van der Waals surface area contributed by atoms with Gasteiger partial charge in [0.25, 0.3) is 11.8 Å². The number of aryl methyl sites for hydroxylation is 1. The van der Waals surface area contributed by atoms with E-state index in [4.69, 9.17) is 9.15 Å². The standard InChI is InChI=1S/C23H22N2O5/c1-16-5-7-17(8-6-16)23(28)25(2)18-9-11-19(12-10-18)30-21(26)13-14-24-22(27)20-4-3-15-29-20/h3-12,15H,13-14H2,1-2H3,(H,24,27). The molecule has 2 aromatic carbocycles. The molecule has 154 valence electrons. The second-order valence-corrected chi connectivity index (χ2v) is 6.68. The van der Waals surface area contributed by atoms with Gasteiger partial charge in [0, 0.05) is 24.8 Å². The van der Waals surface area contributed by atoms with Crippen LogP contribution in [0.3, 0.4) is 0 Å². The molecule has 7 heteroatoms. The van der Waals surface area contributed by atoms with Crippen molar-refractivity contribution in [1.29, 1.82) is 0 Å². The summed E-state index contributed by atoms with van der Waals surface area (Å²) < 4.78 is 10.2. The summed E-state index contributed by atoms with van der Waals surface area (Å²) in [6, 6.07) is 17.1. The highest BCUT2D eigenvalue weighted by atomic mass is 16.5. The molecule has 0 radical (unpaired) electrons. The number of nitrogens with one attached hydrogen (secondary N) is 1. The number of nitrogens with zero attached hydrogens (tertiary/aromatic N) is 1. The average Bonchev–Trinajstić information content (AvgIpc) is 3.29. The number of furan rings is 1. The summed E-state index contributed by atoms with van der Waals surface area (Å²) in [7, 11) is 1.69. The van der Waals surface area contributed by atoms with Crippen molar-refractivity contribution in [3.63, 3.8) is 0 Å². The summed E-state index contributed by atoms with van der Waals surface area (Å²) in [5.41, 5.74) is 2.35. The average molecular weight is 406 g/mol. The van der Waals surface area contributed by atoms with E-state index in [0.717, 1.165) is 5.56 Å². The Morgan fingerprint density at radius 3 is 2.33 bits per heavy atom. The van der Waals surface area contributed by atoms with Gasteiger partial charge in [-0.1, -0.05) is 17.7 Å². The first-order valence-corrected chi connectivity index (χ1v) is 9.41. The lowest BCUT2D eigenvalue weighted by Gasteiger charge is -2.18. The summed E-state index contributed by atoms with van der Waals surface area (Å²) in [6.45, 7) is 2.09. The lowest BCUT2D eigenvalue weighted by Crippen LogP contribution is -2.27. The van der Waals surface area contributed by atoms with Gasteiger partial charge in [-0.15, -0.1) is 0 Å². The first-order chi connectivity index (χ1) is 14.4. The van der Waals surface area contributed by atoms with Gasteiger partial charge in [0.15, 0.2) is 5.76 Å². The van der Waals surface area contributed by atoms with E-state index in [9.17, 15) is 14.4 Å². The molecule has 0 aliphatic carbocycles. The van der Waals surface area contributed by atoms with Crippen LogP contribution in [0.1, 0.15) is 32.9 Å². The van der Waals surface area contributed by atoms with Crippen molar-refractivity contribution in [2.24, 2.45) is 0 Å². The highest BCUT2D eigenvalue weighted by molar-refractivity contribution is 6.05. The van der Waals surface area contributed by atoms with E-state index in [1.54, 1.807) is 49.5 Å². The second-order valence-electron chi connectivity index (χ2n) is 6.68. The molecule has 0 spiro atoms. The Kier molecular flexibility index (Phi) is 6.64. The molecule has 0 bridgehead atoms. The Bertz CT molecular complexity index is 1010. The van der Waals surface area contributed by atoms with Crippen LogP contribution in [0.5, 0.6) is 5.75 Å². The predicted molar refractivity (Wildman–Crippen MR) is 112 cm³/mol. The van der Waals surface area contributed by atoms with Crippen molar-refractivity contribution < 1.29 is 23.5 Å². The quantitative estimate of drug-likeness (QED) is 0.478. The van der Waals surface area contributed by atoms with Gasteiger partial charge in [-0.05, 0) is 55.5 Å². The summed E-state index contributed by atoms with van der Waals surface area (Å²) in [5, 5.41) is 2.58. The molecule has 1 heterocycles. The molecule has 0 unspecified atom stereocenters. The Labute approximate surface area is 174 Å². The number of amides is 2. The molecule has 0 aliphatic rings. The van der Waals surface area contributed by atoms with Crippen LogP contribution < -0.4 is 15.0 Å². The summed E-state index contributed by atoms with van der Waals surface area (Å²) >= 11 is 0. The van der Waals surface area contributed by atoms with Crippen molar-refractivity contribution in [3.8, 4) is 5.75 Å². The van der Waals surface area contributed by atoms with Crippen LogP contribution >= 0.6 is 0 Å². The second kappa shape index (κ2) is 9.56. The van der Waals surface area contributed by atoms with Gasteiger partial charge in [-0.2, -0.15) is 0 Å². The third kappa shape index (κ3) is 5.35. The van der Waals surface area contributed by atoms with Gasteiger partial charge in [-0.3, -0.25) is 14.4 Å². The Morgan fingerprint density at radius 1 is 1.00 bits per heavy atom. The number of esters is 1. The van der Waals surface area contributed by atoms with Crippen molar-refractivity contribution in [2.75, 3.05) is 18.5 Å². The van der Waals surface area contributed by atoms with Crippen molar-refractivity contribution in [1.82, 2.24) is 5.32 Å². The number of carbonyl (C=O) groups is 3. The predicted octanol–water partition coefficient (Wildman–Crippen LogP) is 3.59. The minimum atomic E-state index is -0.480. The maximum absolute atomic E-state index is 12.6. The lowest BCUT2D eigenvalue weighted by atomic mass is 10.1. The summed E-state index contributed by atoms with van der Waals surface area (Å²) in [4.78, 5) is 37.8. The van der Waals surface area contributed by atoms with E-state index >= 15 is 0 Å². The normalized spacial score (nSPS) is 10.3. The lowest BCUT2D eigenvalue weighted by molar-refractivity contribution is -0.134. The monoisotopic (exact) mass is 406 g/mol. The molecule has 3 aromatic rings. The van der Waals surface area contributed by atoms with E-state index in [0.29, 0.717) is 17.0 Å². The van der Waals surface area contributed by atoms with Crippen LogP contribution in [-0.4, -0.2) is 31.4 Å². The number of rotatable bonds is 7. The van der Waals surface area contributed by atoms with E-state index in [-0.39, 0.29) is 24.6 Å². The first kappa shape index (κ1) is 20.9. The van der Waals surface area contributed by atoms with Crippen LogP contribution in [0.25, 0.3) is 0 Å². The van der Waals surface area contributed by atoms with Gasteiger partial charge in [0.05, 0.1) is 12.7 Å². The van der Waals surface area contributed by atoms with Gasteiger partial charge >= 0.3 is 5.97 Å². The largest absolute Gasteiger partial charge is 0.459 e. The van der Waals surface area contributed by atoms with Crippen LogP contribution in [0, 0.1) is 6.92 Å². The maximum atomic E-state index is 12.6. The molecular formula is C23H22N2O5. The van der Waals surface area contributed by atoms with Gasteiger partial charge in [0.1, 0.15) is 5.75 Å². The molecule has 0 saturated heterocycles. The molecule has 1 N–H and O–H groups in total. The van der Waals surface area contributed by atoms with Crippen molar-refractivity contribution >= 4 is 23.5 Å². The molecule has 0 atom stereocenters. The fraction of sp³-hybridized carbons (Fsp3) is 0.174. The number of hydrogen-bond acceptors (Lipinski definition) is 5. The smallest absolute Gasteiger partial charge is 0.312 e. The number of ether oxygens (including phenoxy) is 1. The molecule has 3 rings (SSSR count). The van der Waals surface area contributed by atoms with Crippen LogP contribution in [-0.2, 0) is 4.79 Å². The van der Waals surface area contributed by atoms with Crippen molar-refractivity contribution in [3.05, 3.63) is 83.8 Å². The molecule has 0 saturated carbocycles. The molecular weight excluding hydrogens is 384 g/mol. The minimum absolute atomic E-state index is 0.0139. The number of carbonyl (C=O) groups excluding carboxylic acids is 3. The highest BCUT2D eigenvalue weighted by Gasteiger charge is 2.14. The van der Waals surface area contributed by atoms with Crippen LogP contribution in [0.2, 0.25) is 0 Å². The Balaban J connectivity index is 1.49. The van der Waals surface area contributed by atoms with Crippen LogP contribution in [0.15, 0.2) is 71.3 Å². The number of hydrogen-bond donors (Lipinski definition) is 1. The molecule has 0 aliphatic heterocycles. The van der Waals surface area contributed by atoms with E-state index in [2.05, 4.69) is 5.32 Å². The topological polar surface area (TPSA) is 88.9 Å². The van der Waals surface area contributed by atoms with Crippen molar-refractivity contribution in [2.45, 2.75) is 13.3 Å². The third-order valence-corrected chi connectivity index (χ3v) is 4.42. The minimum Gasteiger partial charge on any atom is -0.459 e. The molecule has 2 amide bonds. The highest BCUT2D eigenvalue weighted by Crippen LogP contribution is 2.20. The third-order valence-electron chi connectivity index (χ3n) is 4.42. The first-order valence-electron chi connectivity index (χ1n) is 9.41. The zero-order chi connectivity index (χ0) is 21.5.